The van der Waals surface area contributed by atoms with Crippen molar-refractivity contribution in [1.82, 2.24) is 15.0 Å². The van der Waals surface area contributed by atoms with Gasteiger partial charge in [-0.05, 0) is 32.0 Å². The summed E-state index contributed by atoms with van der Waals surface area (Å²) in [4.78, 5) is 24.6. The van der Waals surface area contributed by atoms with Crippen molar-refractivity contribution < 1.29 is 19.0 Å². The van der Waals surface area contributed by atoms with Gasteiger partial charge in [0.2, 0.25) is 5.88 Å². The summed E-state index contributed by atoms with van der Waals surface area (Å²) < 4.78 is 16.8. The van der Waals surface area contributed by atoms with Gasteiger partial charge in [0.1, 0.15) is 5.75 Å². The standard InChI is InChI=1S/C22H21N3O4/c1-13(2)28-22(26)21-14(12-27-3)19-16(11-24-21)25-15-7-6-8-17(20(15)19)29-18-9-4-5-10-23-18/h4-11,13,25H,12H2,1-3H3. The van der Waals surface area contributed by atoms with Crippen LogP contribution >= 0.6 is 0 Å². The van der Waals surface area contributed by atoms with E-state index >= 15 is 0 Å². The predicted molar refractivity (Wildman–Crippen MR) is 109 cm³/mol. The molecule has 29 heavy (non-hydrogen) atoms. The molecule has 0 fully saturated rings. The van der Waals surface area contributed by atoms with Crippen LogP contribution < -0.4 is 4.74 Å². The molecule has 0 saturated heterocycles. The van der Waals surface area contributed by atoms with Gasteiger partial charge in [0.05, 0.1) is 35.3 Å². The highest BCUT2D eigenvalue weighted by atomic mass is 16.5. The van der Waals surface area contributed by atoms with Crippen LogP contribution in [0.1, 0.15) is 29.9 Å². The smallest absolute Gasteiger partial charge is 0.357 e. The molecular formula is C22H21N3O4. The average Bonchev–Trinajstić information content (AvgIpc) is 3.08. The topological polar surface area (TPSA) is 86.3 Å². The first-order valence-corrected chi connectivity index (χ1v) is 9.29. The van der Waals surface area contributed by atoms with Crippen LogP contribution in [0.5, 0.6) is 11.6 Å². The van der Waals surface area contributed by atoms with E-state index in [9.17, 15) is 4.79 Å². The molecule has 3 heterocycles. The number of ether oxygens (including phenoxy) is 3. The second-order valence-corrected chi connectivity index (χ2v) is 6.83. The first kappa shape index (κ1) is 18.9. The summed E-state index contributed by atoms with van der Waals surface area (Å²) in [6.07, 6.45) is 3.06. The maximum absolute atomic E-state index is 12.6. The Morgan fingerprint density at radius 1 is 1.07 bits per heavy atom. The zero-order valence-electron chi connectivity index (χ0n) is 16.4. The number of nitrogens with zero attached hydrogens (tertiary/aromatic N) is 2. The number of benzene rings is 1. The van der Waals surface area contributed by atoms with Crippen molar-refractivity contribution in [3.05, 3.63) is 60.0 Å². The maximum Gasteiger partial charge on any atom is 0.357 e. The molecule has 0 aliphatic heterocycles. The first-order chi connectivity index (χ1) is 14.1. The van der Waals surface area contributed by atoms with Gasteiger partial charge in [-0.1, -0.05) is 12.1 Å². The summed E-state index contributed by atoms with van der Waals surface area (Å²) in [7, 11) is 1.58. The van der Waals surface area contributed by atoms with E-state index in [4.69, 9.17) is 14.2 Å². The first-order valence-electron chi connectivity index (χ1n) is 9.29. The van der Waals surface area contributed by atoms with Crippen LogP contribution in [0, 0.1) is 0 Å². The average molecular weight is 391 g/mol. The molecule has 0 unspecified atom stereocenters. The molecule has 0 aliphatic carbocycles. The van der Waals surface area contributed by atoms with Gasteiger partial charge in [-0.25, -0.2) is 14.8 Å². The number of carbonyl (C=O) groups excluding carboxylic acids is 1. The predicted octanol–water partition coefficient (Wildman–Crippen LogP) is 4.62. The van der Waals surface area contributed by atoms with Crippen molar-refractivity contribution in [3.8, 4) is 11.6 Å². The van der Waals surface area contributed by atoms with Gasteiger partial charge < -0.3 is 19.2 Å². The van der Waals surface area contributed by atoms with Crippen molar-refractivity contribution in [2.45, 2.75) is 26.6 Å². The van der Waals surface area contributed by atoms with E-state index < -0.39 is 5.97 Å². The van der Waals surface area contributed by atoms with Crippen LogP contribution in [0.25, 0.3) is 21.8 Å². The molecule has 4 aromatic rings. The molecule has 7 heteroatoms. The molecule has 0 atom stereocenters. The lowest BCUT2D eigenvalue weighted by Crippen LogP contribution is -2.15. The molecule has 7 nitrogen and oxygen atoms in total. The molecular weight excluding hydrogens is 370 g/mol. The third kappa shape index (κ3) is 3.64. The maximum atomic E-state index is 12.6. The van der Waals surface area contributed by atoms with Crippen molar-refractivity contribution in [1.29, 1.82) is 0 Å². The summed E-state index contributed by atoms with van der Waals surface area (Å²) in [5.41, 5.74) is 2.53. The highest BCUT2D eigenvalue weighted by molar-refractivity contribution is 6.13. The molecule has 1 N–H and O–H groups in total. The lowest BCUT2D eigenvalue weighted by Gasteiger charge is -2.12. The van der Waals surface area contributed by atoms with Crippen LogP contribution in [0.15, 0.2) is 48.8 Å². The van der Waals surface area contributed by atoms with E-state index in [0.29, 0.717) is 17.2 Å². The molecule has 0 spiro atoms. The number of aromatic amines is 1. The summed E-state index contributed by atoms with van der Waals surface area (Å²) in [5.74, 6) is 0.627. The third-order valence-electron chi connectivity index (χ3n) is 4.40. The molecule has 0 aliphatic rings. The van der Waals surface area contributed by atoms with E-state index in [0.717, 1.165) is 21.8 Å². The Hall–Kier alpha value is -3.45. The van der Waals surface area contributed by atoms with Crippen molar-refractivity contribution in [3.63, 3.8) is 0 Å². The number of methoxy groups -OCH3 is 1. The van der Waals surface area contributed by atoms with E-state index in [1.807, 2.05) is 30.3 Å². The number of nitrogens with one attached hydrogen (secondary N) is 1. The summed E-state index contributed by atoms with van der Waals surface area (Å²) in [6.45, 7) is 3.81. The van der Waals surface area contributed by atoms with Crippen LogP contribution in [0.4, 0.5) is 0 Å². The fraction of sp³-hybridized carbons (Fsp3) is 0.227. The fourth-order valence-electron chi connectivity index (χ4n) is 3.31. The second-order valence-electron chi connectivity index (χ2n) is 6.83. The van der Waals surface area contributed by atoms with Crippen LogP contribution in [0.3, 0.4) is 0 Å². The molecule has 0 saturated carbocycles. The van der Waals surface area contributed by atoms with Crippen LogP contribution in [-0.2, 0) is 16.1 Å². The zero-order chi connectivity index (χ0) is 20.4. The minimum Gasteiger partial charge on any atom is -0.458 e. The van der Waals surface area contributed by atoms with E-state index in [-0.39, 0.29) is 18.4 Å². The number of esters is 1. The lowest BCUT2D eigenvalue weighted by molar-refractivity contribution is 0.0366. The monoisotopic (exact) mass is 391 g/mol. The Morgan fingerprint density at radius 3 is 2.66 bits per heavy atom. The molecule has 0 radical (unpaired) electrons. The van der Waals surface area contributed by atoms with Gasteiger partial charge in [-0.2, -0.15) is 0 Å². The fourth-order valence-corrected chi connectivity index (χ4v) is 3.31. The highest BCUT2D eigenvalue weighted by Gasteiger charge is 2.22. The van der Waals surface area contributed by atoms with Gasteiger partial charge in [-0.15, -0.1) is 0 Å². The van der Waals surface area contributed by atoms with Crippen molar-refractivity contribution in [2.24, 2.45) is 0 Å². The van der Waals surface area contributed by atoms with Crippen molar-refractivity contribution in [2.75, 3.05) is 7.11 Å². The van der Waals surface area contributed by atoms with E-state index in [1.54, 1.807) is 39.4 Å². The van der Waals surface area contributed by atoms with Crippen LogP contribution in [-0.4, -0.2) is 34.1 Å². The van der Waals surface area contributed by atoms with Crippen LogP contribution in [0.2, 0.25) is 0 Å². The lowest BCUT2D eigenvalue weighted by atomic mass is 10.0. The Morgan fingerprint density at radius 2 is 1.93 bits per heavy atom. The third-order valence-corrected chi connectivity index (χ3v) is 4.40. The number of hydrogen-bond donors (Lipinski definition) is 1. The Bertz CT molecular complexity index is 1170. The Balaban J connectivity index is 1.95. The highest BCUT2D eigenvalue weighted by Crippen LogP contribution is 2.37. The molecule has 3 aromatic heterocycles. The number of rotatable bonds is 6. The number of fused-ring (bicyclic) bond motifs is 3. The number of aromatic nitrogens is 3. The number of carbonyl (C=O) groups is 1. The van der Waals surface area contributed by atoms with Gasteiger partial charge in [0.25, 0.3) is 0 Å². The summed E-state index contributed by atoms with van der Waals surface area (Å²) in [6, 6.07) is 11.2. The Labute approximate surface area is 167 Å². The number of H-pyrrole nitrogens is 1. The number of pyridine rings is 2. The normalized spacial score (nSPS) is 11.3. The minimum atomic E-state index is -0.480. The van der Waals surface area contributed by atoms with E-state index in [1.165, 1.54) is 0 Å². The largest absolute Gasteiger partial charge is 0.458 e. The van der Waals surface area contributed by atoms with Gasteiger partial charge in [0.15, 0.2) is 5.69 Å². The SMILES string of the molecule is COCc1c(C(=O)OC(C)C)ncc2[nH]c3cccc(Oc4ccccn4)c3c12. The zero-order valence-corrected chi connectivity index (χ0v) is 16.4. The second kappa shape index (κ2) is 7.89. The van der Waals surface area contributed by atoms with Gasteiger partial charge in [0, 0.05) is 30.3 Å². The number of hydrogen-bond acceptors (Lipinski definition) is 6. The summed E-state index contributed by atoms with van der Waals surface area (Å²) in [5, 5.41) is 1.65. The van der Waals surface area contributed by atoms with Gasteiger partial charge in [-0.3, -0.25) is 0 Å². The molecule has 0 amide bonds. The Kier molecular flexibility index (Phi) is 5.14. The van der Waals surface area contributed by atoms with E-state index in [2.05, 4.69) is 15.0 Å². The minimum absolute atomic E-state index is 0.206. The molecule has 1 aromatic carbocycles. The molecule has 0 bridgehead atoms. The molecule has 4 rings (SSSR count). The summed E-state index contributed by atoms with van der Waals surface area (Å²) >= 11 is 0. The quantitative estimate of drug-likeness (QED) is 0.483. The van der Waals surface area contributed by atoms with Gasteiger partial charge >= 0.3 is 5.97 Å². The molecule has 148 valence electrons. The van der Waals surface area contributed by atoms with Crippen molar-refractivity contribution >= 4 is 27.8 Å².